The minimum Gasteiger partial charge on any atom is -0.393 e. The average Bonchev–Trinajstić information content (AvgIpc) is 3.14. The van der Waals surface area contributed by atoms with E-state index in [-0.39, 0.29) is 23.7 Å². The lowest BCUT2D eigenvalue weighted by Gasteiger charge is -2.61. The lowest BCUT2D eigenvalue weighted by molar-refractivity contribution is -0.282. The number of hydrogen-bond acceptors (Lipinski definition) is 4. The maximum Gasteiger partial charge on any atom is 0.171 e. The molecule has 0 bridgehead atoms. The Morgan fingerprint density at radius 3 is 2.35 bits per heavy atom. The molecule has 6 rings (SSSR count). The first-order valence-electron chi connectivity index (χ1n) is 13.4. The number of ether oxygens (including phenoxy) is 2. The minimum atomic E-state index is -0.462. The van der Waals surface area contributed by atoms with Crippen LogP contribution in [0.5, 0.6) is 0 Å². The summed E-state index contributed by atoms with van der Waals surface area (Å²) in [5.74, 6) is 3.22. The molecule has 4 nitrogen and oxygen atoms in total. The molecule has 13 atom stereocenters. The third-order valence-electron chi connectivity index (χ3n) is 11.9. The molecule has 1 unspecified atom stereocenters. The summed E-state index contributed by atoms with van der Waals surface area (Å²) in [4.78, 5) is 0. The first-order chi connectivity index (χ1) is 14.7. The molecule has 0 aromatic rings. The number of fused-ring (bicyclic) bond motifs is 7. The van der Waals surface area contributed by atoms with Gasteiger partial charge in [-0.3, -0.25) is 0 Å². The molecule has 2 saturated heterocycles. The van der Waals surface area contributed by atoms with Gasteiger partial charge >= 0.3 is 0 Å². The quantitative estimate of drug-likeness (QED) is 0.579. The van der Waals surface area contributed by atoms with Crippen molar-refractivity contribution in [2.45, 2.75) is 110 Å². The molecule has 6 fully saturated rings. The van der Waals surface area contributed by atoms with Crippen LogP contribution in [0.4, 0.5) is 0 Å². The van der Waals surface area contributed by atoms with E-state index in [2.05, 4.69) is 27.7 Å². The average molecular weight is 433 g/mol. The molecule has 0 aromatic heterocycles. The Morgan fingerprint density at radius 2 is 1.61 bits per heavy atom. The van der Waals surface area contributed by atoms with E-state index < -0.39 is 5.79 Å². The van der Waals surface area contributed by atoms with Crippen molar-refractivity contribution in [3.05, 3.63) is 0 Å². The van der Waals surface area contributed by atoms with Crippen molar-refractivity contribution in [3.63, 3.8) is 0 Å². The molecule has 4 heteroatoms. The molecule has 0 aromatic carbocycles. The van der Waals surface area contributed by atoms with Crippen LogP contribution in [0.2, 0.25) is 0 Å². The fourth-order valence-corrected chi connectivity index (χ4v) is 10.3. The Morgan fingerprint density at radius 1 is 0.839 bits per heavy atom. The maximum absolute atomic E-state index is 11.8. The van der Waals surface area contributed by atoms with Crippen molar-refractivity contribution in [2.24, 2.45) is 52.3 Å². The standard InChI is InChI=1S/C27H44O4/c1-15-7-12-27(30-14-15)16(2)21-24(31-27)23(29)22-19-6-5-17-13-18(28)8-10-25(17,3)20(19)9-11-26(21,22)4/h15-24,28-29H,5-14H2,1-4H3/t15-,16+,17+,18-,19-,20+,21+,22-,23+,24-,25+,26-,27?/m1/s1. The lowest BCUT2D eigenvalue weighted by Crippen LogP contribution is -2.56. The zero-order valence-electron chi connectivity index (χ0n) is 20.1. The van der Waals surface area contributed by atoms with Gasteiger partial charge in [0.25, 0.3) is 0 Å². The molecular weight excluding hydrogens is 388 g/mol. The smallest absolute Gasteiger partial charge is 0.171 e. The van der Waals surface area contributed by atoms with Crippen molar-refractivity contribution < 1.29 is 19.7 Å². The largest absolute Gasteiger partial charge is 0.393 e. The van der Waals surface area contributed by atoms with Crippen LogP contribution in [-0.4, -0.2) is 40.9 Å². The van der Waals surface area contributed by atoms with Crippen molar-refractivity contribution in [2.75, 3.05) is 6.61 Å². The van der Waals surface area contributed by atoms with Gasteiger partial charge in [0.1, 0.15) is 0 Å². The second kappa shape index (κ2) is 6.93. The molecule has 2 heterocycles. The first-order valence-corrected chi connectivity index (χ1v) is 13.4. The van der Waals surface area contributed by atoms with Crippen LogP contribution in [0.15, 0.2) is 0 Å². The van der Waals surface area contributed by atoms with Crippen molar-refractivity contribution in [3.8, 4) is 0 Å². The summed E-state index contributed by atoms with van der Waals surface area (Å²) < 4.78 is 13.2. The van der Waals surface area contributed by atoms with Gasteiger partial charge in [0.2, 0.25) is 0 Å². The predicted octanol–water partition coefficient (Wildman–Crippen LogP) is 4.76. The Labute approximate surface area is 188 Å². The van der Waals surface area contributed by atoms with Crippen molar-refractivity contribution >= 4 is 0 Å². The Bertz CT molecular complexity index is 716. The van der Waals surface area contributed by atoms with E-state index in [4.69, 9.17) is 9.47 Å². The maximum atomic E-state index is 11.8. The summed E-state index contributed by atoms with van der Waals surface area (Å²) in [6.45, 7) is 10.4. The van der Waals surface area contributed by atoms with Crippen LogP contribution in [0, 0.1) is 52.3 Å². The lowest BCUT2D eigenvalue weighted by atomic mass is 9.44. The molecule has 4 aliphatic carbocycles. The van der Waals surface area contributed by atoms with Crippen LogP contribution in [0.3, 0.4) is 0 Å². The van der Waals surface area contributed by atoms with E-state index >= 15 is 0 Å². The molecule has 2 aliphatic heterocycles. The zero-order chi connectivity index (χ0) is 21.8. The van der Waals surface area contributed by atoms with Gasteiger partial charge in [-0.15, -0.1) is 0 Å². The zero-order valence-corrected chi connectivity index (χ0v) is 20.1. The summed E-state index contributed by atoms with van der Waals surface area (Å²) in [7, 11) is 0. The summed E-state index contributed by atoms with van der Waals surface area (Å²) in [5, 5.41) is 22.1. The topological polar surface area (TPSA) is 58.9 Å². The summed E-state index contributed by atoms with van der Waals surface area (Å²) in [6, 6.07) is 0. The van der Waals surface area contributed by atoms with Gasteiger partial charge < -0.3 is 19.7 Å². The van der Waals surface area contributed by atoms with Gasteiger partial charge in [0.05, 0.1) is 24.9 Å². The van der Waals surface area contributed by atoms with Crippen LogP contribution < -0.4 is 0 Å². The van der Waals surface area contributed by atoms with Gasteiger partial charge in [-0.1, -0.05) is 27.7 Å². The number of aliphatic hydroxyl groups is 2. The van der Waals surface area contributed by atoms with E-state index in [0.29, 0.717) is 46.8 Å². The van der Waals surface area contributed by atoms with Gasteiger partial charge in [-0.05, 0) is 91.8 Å². The molecule has 0 amide bonds. The summed E-state index contributed by atoms with van der Waals surface area (Å²) in [5.41, 5.74) is 0.495. The number of rotatable bonds is 0. The second-order valence-corrected chi connectivity index (χ2v) is 13.2. The van der Waals surface area contributed by atoms with E-state index in [1.807, 2.05) is 0 Å². The highest BCUT2D eigenvalue weighted by atomic mass is 16.7. The van der Waals surface area contributed by atoms with E-state index in [1.165, 1.54) is 25.7 Å². The highest BCUT2D eigenvalue weighted by Crippen LogP contribution is 2.71. The van der Waals surface area contributed by atoms with Crippen LogP contribution in [0.25, 0.3) is 0 Å². The first kappa shape index (κ1) is 21.4. The summed E-state index contributed by atoms with van der Waals surface area (Å²) in [6.07, 6.45) is 9.69. The fraction of sp³-hybridized carbons (Fsp3) is 1.00. The van der Waals surface area contributed by atoms with Crippen LogP contribution in [-0.2, 0) is 9.47 Å². The Hall–Kier alpha value is -0.160. The van der Waals surface area contributed by atoms with Gasteiger partial charge in [0, 0.05) is 18.3 Å². The molecule has 31 heavy (non-hydrogen) atoms. The fourth-order valence-electron chi connectivity index (χ4n) is 10.3. The summed E-state index contributed by atoms with van der Waals surface area (Å²) >= 11 is 0. The van der Waals surface area contributed by atoms with E-state index in [0.717, 1.165) is 38.7 Å². The minimum absolute atomic E-state index is 0.0594. The highest BCUT2D eigenvalue weighted by Gasteiger charge is 2.72. The third kappa shape index (κ3) is 2.74. The highest BCUT2D eigenvalue weighted by molar-refractivity contribution is 5.18. The van der Waals surface area contributed by atoms with Crippen LogP contribution in [0.1, 0.15) is 85.5 Å². The van der Waals surface area contributed by atoms with E-state index in [9.17, 15) is 10.2 Å². The van der Waals surface area contributed by atoms with Gasteiger partial charge in [0.15, 0.2) is 5.79 Å². The Kier molecular flexibility index (Phi) is 4.78. The molecule has 4 saturated carbocycles. The second-order valence-electron chi connectivity index (χ2n) is 13.2. The van der Waals surface area contributed by atoms with Crippen LogP contribution >= 0.6 is 0 Å². The van der Waals surface area contributed by atoms with Crippen molar-refractivity contribution in [1.82, 2.24) is 0 Å². The molecule has 1 spiro atoms. The molecular formula is C27H44O4. The molecule has 176 valence electrons. The third-order valence-corrected chi connectivity index (χ3v) is 11.9. The predicted molar refractivity (Wildman–Crippen MR) is 119 cm³/mol. The van der Waals surface area contributed by atoms with Crippen molar-refractivity contribution in [1.29, 1.82) is 0 Å². The SMILES string of the molecule is C[C@@H]1CCC2(OC1)O[C@H]1[C@@H](O)[C@H]3[C@@H]4CC[C@H]5C[C@H](O)CC[C@]5(C)[C@H]4CC[C@]3(C)[C@H]1[C@@H]2C. The molecule has 6 aliphatic rings. The molecule has 2 N–H and O–H groups in total. The Balaban J connectivity index is 1.30. The van der Waals surface area contributed by atoms with Gasteiger partial charge in [-0.2, -0.15) is 0 Å². The van der Waals surface area contributed by atoms with Gasteiger partial charge in [-0.25, -0.2) is 0 Å². The molecule has 0 radical (unpaired) electrons. The normalized spacial score (nSPS) is 63.3. The number of aliphatic hydroxyl groups excluding tert-OH is 2. The number of hydrogen-bond donors (Lipinski definition) is 2. The monoisotopic (exact) mass is 432 g/mol. The van der Waals surface area contributed by atoms with E-state index in [1.54, 1.807) is 0 Å².